The van der Waals surface area contributed by atoms with E-state index in [-0.39, 0.29) is 0 Å². The van der Waals surface area contributed by atoms with Crippen molar-refractivity contribution in [1.29, 1.82) is 0 Å². The summed E-state index contributed by atoms with van der Waals surface area (Å²) in [5, 5.41) is 2.06. The van der Waals surface area contributed by atoms with E-state index < -0.39 is 0 Å². The number of ketones is 1. The molecule has 1 aromatic rings. The highest BCUT2D eigenvalue weighted by molar-refractivity contribution is 7.09. The molecule has 0 amide bonds. The van der Waals surface area contributed by atoms with Gasteiger partial charge in [0, 0.05) is 17.7 Å². The summed E-state index contributed by atoms with van der Waals surface area (Å²) in [4.78, 5) is 12.3. The Kier molecular flexibility index (Phi) is 3.32. The van der Waals surface area contributed by atoms with Crippen LogP contribution in [0.4, 0.5) is 0 Å². The van der Waals surface area contributed by atoms with Gasteiger partial charge in [0.05, 0.1) is 12.7 Å². The molecule has 0 N–H and O–H groups in total. The predicted molar refractivity (Wildman–Crippen MR) is 56.4 cm³/mol. The molecule has 2 rings (SSSR count). The molecule has 1 saturated carbocycles. The quantitative estimate of drug-likeness (QED) is 0.766. The standard InChI is InChI=1S/C11H14O2S/c12-9-3-5-10(6-4-9)13-8-11-2-1-7-14-11/h1-2,7,10H,3-6,8H2. The van der Waals surface area contributed by atoms with Crippen LogP contribution in [0, 0.1) is 0 Å². The molecular weight excluding hydrogens is 196 g/mol. The first kappa shape index (κ1) is 9.87. The first-order chi connectivity index (χ1) is 6.84. The maximum atomic E-state index is 11.0. The SMILES string of the molecule is O=C1CCC(OCc2cccs2)CC1. The highest BCUT2D eigenvalue weighted by atomic mass is 32.1. The van der Waals surface area contributed by atoms with Crippen LogP contribution < -0.4 is 0 Å². The predicted octanol–water partition coefficient (Wildman–Crippen LogP) is 2.78. The van der Waals surface area contributed by atoms with Crippen molar-refractivity contribution in [3.63, 3.8) is 0 Å². The van der Waals surface area contributed by atoms with Crippen molar-refractivity contribution in [3.8, 4) is 0 Å². The Hall–Kier alpha value is -0.670. The summed E-state index contributed by atoms with van der Waals surface area (Å²) < 4.78 is 5.73. The van der Waals surface area contributed by atoms with Gasteiger partial charge in [0.2, 0.25) is 0 Å². The molecule has 14 heavy (non-hydrogen) atoms. The van der Waals surface area contributed by atoms with E-state index in [0.29, 0.717) is 31.3 Å². The number of hydrogen-bond donors (Lipinski definition) is 0. The molecule has 1 fully saturated rings. The molecule has 1 aliphatic rings. The molecule has 0 saturated heterocycles. The fraction of sp³-hybridized carbons (Fsp3) is 0.545. The smallest absolute Gasteiger partial charge is 0.133 e. The summed E-state index contributed by atoms with van der Waals surface area (Å²) in [6.07, 6.45) is 3.52. The Morgan fingerprint density at radius 1 is 1.43 bits per heavy atom. The number of ether oxygens (including phenoxy) is 1. The van der Waals surface area contributed by atoms with E-state index in [2.05, 4.69) is 11.4 Å². The minimum Gasteiger partial charge on any atom is -0.373 e. The van der Waals surface area contributed by atoms with Gasteiger partial charge in [0.25, 0.3) is 0 Å². The average molecular weight is 210 g/mol. The maximum Gasteiger partial charge on any atom is 0.133 e. The first-order valence-electron chi connectivity index (χ1n) is 5.00. The summed E-state index contributed by atoms with van der Waals surface area (Å²) in [6.45, 7) is 0.705. The van der Waals surface area contributed by atoms with Gasteiger partial charge >= 0.3 is 0 Å². The van der Waals surface area contributed by atoms with Crippen LogP contribution in [0.3, 0.4) is 0 Å². The normalized spacial score (nSPS) is 18.7. The molecule has 1 aliphatic carbocycles. The second-order valence-electron chi connectivity index (χ2n) is 3.63. The lowest BCUT2D eigenvalue weighted by Crippen LogP contribution is -2.21. The summed E-state index contributed by atoms with van der Waals surface area (Å²) in [6, 6.07) is 4.12. The van der Waals surface area contributed by atoms with Gasteiger partial charge in [0.1, 0.15) is 5.78 Å². The number of thiophene rings is 1. The molecule has 3 heteroatoms. The Balaban J connectivity index is 1.73. The van der Waals surface area contributed by atoms with Crippen LogP contribution in [-0.4, -0.2) is 11.9 Å². The molecule has 0 aromatic carbocycles. The van der Waals surface area contributed by atoms with E-state index in [9.17, 15) is 4.79 Å². The molecule has 2 nitrogen and oxygen atoms in total. The van der Waals surface area contributed by atoms with Gasteiger partial charge in [-0.3, -0.25) is 4.79 Å². The summed E-state index contributed by atoms with van der Waals surface area (Å²) >= 11 is 1.72. The zero-order chi connectivity index (χ0) is 9.80. The van der Waals surface area contributed by atoms with Crippen molar-refractivity contribution in [2.75, 3.05) is 0 Å². The van der Waals surface area contributed by atoms with E-state index in [1.54, 1.807) is 11.3 Å². The summed E-state index contributed by atoms with van der Waals surface area (Å²) in [5.74, 6) is 0.390. The lowest BCUT2D eigenvalue weighted by atomic mass is 9.96. The van der Waals surface area contributed by atoms with E-state index in [0.717, 1.165) is 12.8 Å². The zero-order valence-electron chi connectivity index (χ0n) is 8.07. The number of carbonyl (C=O) groups excluding carboxylic acids is 1. The van der Waals surface area contributed by atoms with Crippen LogP contribution in [0.25, 0.3) is 0 Å². The monoisotopic (exact) mass is 210 g/mol. The lowest BCUT2D eigenvalue weighted by Gasteiger charge is -2.20. The molecule has 76 valence electrons. The highest BCUT2D eigenvalue weighted by Gasteiger charge is 2.18. The molecule has 0 aliphatic heterocycles. The molecule has 1 heterocycles. The van der Waals surface area contributed by atoms with Crippen LogP contribution in [0.5, 0.6) is 0 Å². The van der Waals surface area contributed by atoms with Crippen molar-refractivity contribution >= 4 is 17.1 Å². The minimum absolute atomic E-state index is 0.301. The maximum absolute atomic E-state index is 11.0. The minimum atomic E-state index is 0.301. The Bertz CT molecular complexity index is 282. The summed E-state index contributed by atoms with van der Waals surface area (Å²) in [5.41, 5.74) is 0. The summed E-state index contributed by atoms with van der Waals surface area (Å²) in [7, 11) is 0. The fourth-order valence-corrected chi connectivity index (χ4v) is 2.30. The molecule has 1 aromatic heterocycles. The number of carbonyl (C=O) groups is 1. The number of rotatable bonds is 3. The number of hydrogen-bond acceptors (Lipinski definition) is 3. The zero-order valence-corrected chi connectivity index (χ0v) is 8.89. The third-order valence-electron chi connectivity index (χ3n) is 2.53. The lowest BCUT2D eigenvalue weighted by molar-refractivity contribution is -0.123. The van der Waals surface area contributed by atoms with Crippen LogP contribution >= 0.6 is 11.3 Å². The topological polar surface area (TPSA) is 26.3 Å². The second kappa shape index (κ2) is 4.71. The van der Waals surface area contributed by atoms with E-state index in [4.69, 9.17) is 4.74 Å². The van der Waals surface area contributed by atoms with Crippen molar-refractivity contribution in [2.24, 2.45) is 0 Å². The van der Waals surface area contributed by atoms with Gasteiger partial charge in [-0.15, -0.1) is 11.3 Å². The van der Waals surface area contributed by atoms with E-state index >= 15 is 0 Å². The second-order valence-corrected chi connectivity index (χ2v) is 4.66. The van der Waals surface area contributed by atoms with Gasteiger partial charge in [-0.05, 0) is 24.3 Å². The Labute approximate surface area is 87.9 Å². The van der Waals surface area contributed by atoms with Crippen molar-refractivity contribution in [2.45, 2.75) is 38.4 Å². The van der Waals surface area contributed by atoms with Gasteiger partial charge in [-0.25, -0.2) is 0 Å². The van der Waals surface area contributed by atoms with Crippen LogP contribution in [0.15, 0.2) is 17.5 Å². The fourth-order valence-electron chi connectivity index (χ4n) is 1.67. The van der Waals surface area contributed by atoms with Crippen molar-refractivity contribution < 1.29 is 9.53 Å². The Morgan fingerprint density at radius 3 is 2.86 bits per heavy atom. The third kappa shape index (κ3) is 2.66. The van der Waals surface area contributed by atoms with Gasteiger partial charge in [0.15, 0.2) is 0 Å². The van der Waals surface area contributed by atoms with Gasteiger partial charge < -0.3 is 4.74 Å². The highest BCUT2D eigenvalue weighted by Crippen LogP contribution is 2.20. The first-order valence-corrected chi connectivity index (χ1v) is 5.88. The molecule has 0 bridgehead atoms. The average Bonchev–Trinajstić information content (AvgIpc) is 2.70. The van der Waals surface area contributed by atoms with Crippen molar-refractivity contribution in [3.05, 3.63) is 22.4 Å². The van der Waals surface area contributed by atoms with Crippen LogP contribution in [0.1, 0.15) is 30.6 Å². The molecular formula is C11H14O2S. The van der Waals surface area contributed by atoms with E-state index in [1.165, 1.54) is 4.88 Å². The van der Waals surface area contributed by atoms with Gasteiger partial charge in [-0.2, -0.15) is 0 Å². The number of Topliss-reactive ketones (excluding diaryl/α,β-unsaturated/α-hetero) is 1. The van der Waals surface area contributed by atoms with E-state index in [1.807, 2.05) is 6.07 Å². The molecule has 0 radical (unpaired) electrons. The molecule has 0 spiro atoms. The molecule has 0 unspecified atom stereocenters. The van der Waals surface area contributed by atoms with Crippen LogP contribution in [-0.2, 0) is 16.1 Å². The van der Waals surface area contributed by atoms with Crippen LogP contribution in [0.2, 0.25) is 0 Å². The third-order valence-corrected chi connectivity index (χ3v) is 3.38. The van der Waals surface area contributed by atoms with Gasteiger partial charge in [-0.1, -0.05) is 6.07 Å². The molecule has 0 atom stereocenters. The largest absolute Gasteiger partial charge is 0.373 e. The Morgan fingerprint density at radius 2 is 2.21 bits per heavy atom. The van der Waals surface area contributed by atoms with Crippen molar-refractivity contribution in [1.82, 2.24) is 0 Å².